The second kappa shape index (κ2) is 4.69. The van der Waals surface area contributed by atoms with Gasteiger partial charge >= 0.3 is 0 Å². The van der Waals surface area contributed by atoms with E-state index in [-0.39, 0.29) is 17.3 Å². The molecule has 0 saturated heterocycles. The summed E-state index contributed by atoms with van der Waals surface area (Å²) in [7, 11) is 0. The molecule has 0 atom stereocenters. The van der Waals surface area contributed by atoms with E-state index >= 15 is 0 Å². The van der Waals surface area contributed by atoms with E-state index in [0.29, 0.717) is 10.9 Å². The molecule has 0 fully saturated rings. The van der Waals surface area contributed by atoms with Crippen LogP contribution in [0.1, 0.15) is 36.2 Å². The Bertz CT molecular complexity index is 615. The third kappa shape index (κ3) is 1.92. The largest absolute Gasteiger partial charge is 0.504 e. The average molecular weight is 244 g/mol. The van der Waals surface area contributed by atoms with E-state index in [1.165, 1.54) is 6.92 Å². The van der Waals surface area contributed by atoms with Gasteiger partial charge in [0.15, 0.2) is 17.3 Å². The lowest BCUT2D eigenvalue weighted by Gasteiger charge is -2.12. The molecule has 2 rings (SSSR count). The minimum Gasteiger partial charge on any atom is -0.504 e. The van der Waals surface area contributed by atoms with Gasteiger partial charge in [0, 0.05) is 10.9 Å². The molecular weight excluding hydrogens is 228 g/mol. The summed E-state index contributed by atoms with van der Waals surface area (Å²) in [5.41, 5.74) is 1.49. The van der Waals surface area contributed by atoms with Crippen LogP contribution in [0.3, 0.4) is 0 Å². The highest BCUT2D eigenvalue weighted by Crippen LogP contribution is 2.38. The predicted molar refractivity (Wildman–Crippen MR) is 71.3 cm³/mol. The second-order valence-corrected chi connectivity index (χ2v) is 4.44. The Morgan fingerprint density at radius 1 is 1.28 bits per heavy atom. The van der Waals surface area contributed by atoms with Crippen molar-refractivity contribution in [2.24, 2.45) is 0 Å². The van der Waals surface area contributed by atoms with Crippen molar-refractivity contribution in [1.82, 2.24) is 0 Å². The number of aryl methyl sites for hydroxylation is 1. The van der Waals surface area contributed by atoms with Crippen LogP contribution in [0.5, 0.6) is 11.5 Å². The minimum atomic E-state index is -0.159. The number of carbonyl (C=O) groups is 1. The first-order valence-electron chi connectivity index (χ1n) is 6.03. The summed E-state index contributed by atoms with van der Waals surface area (Å²) in [4.78, 5) is 11.7. The van der Waals surface area contributed by atoms with Gasteiger partial charge in [0.2, 0.25) is 0 Å². The van der Waals surface area contributed by atoms with Crippen molar-refractivity contribution in [2.45, 2.75) is 26.7 Å². The molecule has 0 aliphatic heterocycles. The van der Waals surface area contributed by atoms with Crippen LogP contribution in [0.15, 0.2) is 24.3 Å². The molecule has 94 valence electrons. The van der Waals surface area contributed by atoms with Crippen LogP contribution in [0.4, 0.5) is 0 Å². The summed E-state index contributed by atoms with van der Waals surface area (Å²) in [6.45, 7) is 3.54. The van der Waals surface area contributed by atoms with Crippen LogP contribution in [-0.2, 0) is 6.42 Å². The molecule has 0 spiro atoms. The van der Waals surface area contributed by atoms with E-state index < -0.39 is 0 Å². The molecule has 2 aromatic carbocycles. The summed E-state index contributed by atoms with van der Waals surface area (Å²) < 4.78 is 0. The first-order chi connectivity index (χ1) is 8.56. The number of hydrogen-bond donors (Lipinski definition) is 2. The lowest BCUT2D eigenvalue weighted by Crippen LogP contribution is -1.97. The molecule has 3 heteroatoms. The van der Waals surface area contributed by atoms with Crippen LogP contribution < -0.4 is 0 Å². The van der Waals surface area contributed by atoms with Crippen LogP contribution in [0, 0.1) is 0 Å². The zero-order valence-electron chi connectivity index (χ0n) is 10.5. The van der Waals surface area contributed by atoms with Crippen molar-refractivity contribution < 1.29 is 15.0 Å². The molecule has 0 aliphatic carbocycles. The maximum atomic E-state index is 11.7. The fourth-order valence-electron chi connectivity index (χ4n) is 2.30. The Balaban J connectivity index is 2.90. The van der Waals surface area contributed by atoms with E-state index in [9.17, 15) is 15.0 Å². The summed E-state index contributed by atoms with van der Waals surface area (Å²) in [5, 5.41) is 20.9. The number of phenols is 2. The maximum absolute atomic E-state index is 11.7. The molecule has 0 aliphatic rings. The van der Waals surface area contributed by atoms with Gasteiger partial charge in [-0.2, -0.15) is 0 Å². The molecular formula is C15H16O3. The van der Waals surface area contributed by atoms with Crippen LogP contribution in [0.25, 0.3) is 10.8 Å². The second-order valence-electron chi connectivity index (χ2n) is 4.44. The van der Waals surface area contributed by atoms with Gasteiger partial charge in [0.25, 0.3) is 0 Å². The molecule has 0 bridgehead atoms. The first-order valence-corrected chi connectivity index (χ1v) is 6.03. The summed E-state index contributed by atoms with van der Waals surface area (Å²) in [5.74, 6) is -0.331. The molecule has 0 aromatic heterocycles. The number of fused-ring (bicyclic) bond motifs is 1. The Morgan fingerprint density at radius 3 is 2.61 bits per heavy atom. The summed E-state index contributed by atoms with van der Waals surface area (Å²) in [6.07, 6.45) is 1.67. The van der Waals surface area contributed by atoms with Crippen molar-refractivity contribution in [3.8, 4) is 11.5 Å². The number of aromatic hydroxyl groups is 2. The zero-order valence-corrected chi connectivity index (χ0v) is 10.5. The number of carbonyl (C=O) groups excluding carboxylic acids is 1. The molecule has 0 amide bonds. The molecule has 0 unspecified atom stereocenters. The number of hydrogen-bond acceptors (Lipinski definition) is 3. The number of phenolic OH excluding ortho intramolecular Hbond substituents is 2. The standard InChI is InChI=1S/C15H16O3/c1-3-5-10-8-13(17)15(18)12-7-4-6-11(9(2)16)14(10)12/h4,6-8,17-18H,3,5H2,1-2H3. The maximum Gasteiger partial charge on any atom is 0.165 e. The van der Waals surface area contributed by atoms with E-state index in [1.54, 1.807) is 24.3 Å². The van der Waals surface area contributed by atoms with Crippen molar-refractivity contribution in [2.75, 3.05) is 0 Å². The van der Waals surface area contributed by atoms with E-state index in [1.807, 2.05) is 6.92 Å². The summed E-state index contributed by atoms with van der Waals surface area (Å²) in [6, 6.07) is 6.73. The number of benzene rings is 2. The van der Waals surface area contributed by atoms with E-state index in [2.05, 4.69) is 0 Å². The van der Waals surface area contributed by atoms with Gasteiger partial charge in [-0.15, -0.1) is 0 Å². The molecule has 3 nitrogen and oxygen atoms in total. The zero-order chi connectivity index (χ0) is 13.3. The molecule has 18 heavy (non-hydrogen) atoms. The van der Waals surface area contributed by atoms with Crippen molar-refractivity contribution in [3.05, 3.63) is 35.4 Å². The Hall–Kier alpha value is -2.03. The van der Waals surface area contributed by atoms with E-state index in [0.717, 1.165) is 23.8 Å². The van der Waals surface area contributed by atoms with Gasteiger partial charge in [0.05, 0.1) is 0 Å². The van der Waals surface area contributed by atoms with Crippen LogP contribution in [-0.4, -0.2) is 16.0 Å². The molecule has 0 saturated carbocycles. The lowest BCUT2D eigenvalue weighted by atomic mass is 9.94. The highest BCUT2D eigenvalue weighted by Gasteiger charge is 2.15. The van der Waals surface area contributed by atoms with Crippen molar-refractivity contribution in [3.63, 3.8) is 0 Å². The average Bonchev–Trinajstić information content (AvgIpc) is 2.35. The van der Waals surface area contributed by atoms with Gasteiger partial charge in [-0.3, -0.25) is 4.79 Å². The lowest BCUT2D eigenvalue weighted by molar-refractivity contribution is 0.101. The topological polar surface area (TPSA) is 57.5 Å². The molecule has 2 aromatic rings. The minimum absolute atomic E-state index is 0.0388. The SMILES string of the molecule is CCCc1cc(O)c(O)c2cccc(C(C)=O)c12. The first kappa shape index (κ1) is 12.4. The molecule has 2 N–H and O–H groups in total. The number of Topliss-reactive ketones (excluding diaryl/α,β-unsaturated/α-hetero) is 1. The normalized spacial score (nSPS) is 10.8. The number of ketones is 1. The van der Waals surface area contributed by atoms with Crippen molar-refractivity contribution in [1.29, 1.82) is 0 Å². The van der Waals surface area contributed by atoms with Crippen molar-refractivity contribution >= 4 is 16.6 Å². The Morgan fingerprint density at radius 2 is 2.00 bits per heavy atom. The monoisotopic (exact) mass is 244 g/mol. The van der Waals surface area contributed by atoms with Gasteiger partial charge in [-0.1, -0.05) is 31.5 Å². The van der Waals surface area contributed by atoms with Gasteiger partial charge in [-0.05, 0) is 30.4 Å². The molecule has 0 radical (unpaired) electrons. The third-order valence-electron chi connectivity index (χ3n) is 3.09. The fraction of sp³-hybridized carbons (Fsp3) is 0.267. The van der Waals surface area contributed by atoms with Gasteiger partial charge < -0.3 is 10.2 Å². The fourth-order valence-corrected chi connectivity index (χ4v) is 2.30. The Labute approximate surface area is 106 Å². The Kier molecular flexibility index (Phi) is 3.24. The number of rotatable bonds is 3. The third-order valence-corrected chi connectivity index (χ3v) is 3.09. The summed E-state index contributed by atoms with van der Waals surface area (Å²) >= 11 is 0. The van der Waals surface area contributed by atoms with Crippen LogP contribution in [0.2, 0.25) is 0 Å². The highest BCUT2D eigenvalue weighted by atomic mass is 16.3. The highest BCUT2D eigenvalue weighted by molar-refractivity contribution is 6.10. The predicted octanol–water partition coefficient (Wildman–Crippen LogP) is 3.41. The quantitative estimate of drug-likeness (QED) is 0.642. The van der Waals surface area contributed by atoms with Crippen LogP contribution >= 0.6 is 0 Å². The molecule has 0 heterocycles. The smallest absolute Gasteiger partial charge is 0.165 e. The van der Waals surface area contributed by atoms with Gasteiger partial charge in [0.1, 0.15) is 0 Å². The van der Waals surface area contributed by atoms with Gasteiger partial charge in [-0.25, -0.2) is 0 Å². The van der Waals surface area contributed by atoms with E-state index in [4.69, 9.17) is 0 Å².